The molecule has 102 valence electrons. The van der Waals surface area contributed by atoms with Crippen molar-refractivity contribution in [2.75, 3.05) is 13.1 Å². The molecule has 1 aromatic heterocycles. The van der Waals surface area contributed by atoms with Crippen LogP contribution in [0.25, 0.3) is 11.1 Å². The molecule has 0 bridgehead atoms. The number of rotatable bonds is 4. The zero-order valence-corrected chi connectivity index (χ0v) is 11.6. The summed E-state index contributed by atoms with van der Waals surface area (Å²) in [5.74, 6) is 1.36. The maximum Gasteiger partial charge on any atom is 0.199 e. The Bertz CT molecular complexity index is 541. The van der Waals surface area contributed by atoms with Gasteiger partial charge in [0.15, 0.2) is 11.5 Å². The molecule has 1 unspecified atom stereocenters. The van der Waals surface area contributed by atoms with Gasteiger partial charge in [-0.15, -0.1) is 0 Å². The number of hydrogen-bond donors (Lipinski definition) is 1. The number of benzene rings is 1. The fourth-order valence-corrected chi connectivity index (χ4v) is 2.76. The van der Waals surface area contributed by atoms with E-state index in [0.29, 0.717) is 5.92 Å². The number of oxazole rings is 1. The van der Waals surface area contributed by atoms with E-state index in [-0.39, 0.29) is 0 Å². The lowest BCUT2D eigenvalue weighted by molar-refractivity contribution is 0.387. The molecule has 1 atom stereocenters. The van der Waals surface area contributed by atoms with E-state index in [0.717, 1.165) is 36.5 Å². The topological polar surface area (TPSA) is 38.1 Å². The molecule has 1 saturated heterocycles. The van der Waals surface area contributed by atoms with E-state index in [4.69, 9.17) is 9.40 Å². The summed E-state index contributed by atoms with van der Waals surface area (Å²) in [7, 11) is 0. The highest BCUT2D eigenvalue weighted by Gasteiger charge is 2.20. The van der Waals surface area contributed by atoms with Crippen LogP contribution in [0.2, 0.25) is 0 Å². The molecule has 3 nitrogen and oxygen atoms in total. The van der Waals surface area contributed by atoms with Crippen molar-refractivity contribution in [1.82, 2.24) is 10.3 Å². The summed E-state index contributed by atoms with van der Waals surface area (Å²) >= 11 is 0. The van der Waals surface area contributed by atoms with Crippen molar-refractivity contribution >= 4 is 11.1 Å². The van der Waals surface area contributed by atoms with Crippen LogP contribution in [0.15, 0.2) is 22.6 Å². The van der Waals surface area contributed by atoms with Crippen molar-refractivity contribution < 1.29 is 4.42 Å². The van der Waals surface area contributed by atoms with Gasteiger partial charge in [-0.2, -0.15) is 0 Å². The molecule has 19 heavy (non-hydrogen) atoms. The molecule has 1 aliphatic heterocycles. The summed E-state index contributed by atoms with van der Waals surface area (Å²) in [5, 5.41) is 3.42. The third-order valence-electron chi connectivity index (χ3n) is 3.93. The van der Waals surface area contributed by atoms with E-state index in [1.807, 2.05) is 0 Å². The van der Waals surface area contributed by atoms with Gasteiger partial charge in [0.05, 0.1) is 0 Å². The van der Waals surface area contributed by atoms with Gasteiger partial charge in [0.25, 0.3) is 0 Å². The number of nitrogens with one attached hydrogen (secondary N) is 1. The maximum absolute atomic E-state index is 5.92. The molecule has 0 amide bonds. The van der Waals surface area contributed by atoms with Gasteiger partial charge in [-0.3, -0.25) is 0 Å². The summed E-state index contributed by atoms with van der Waals surface area (Å²) in [6.07, 6.45) is 6.01. The minimum atomic E-state index is 0.445. The highest BCUT2D eigenvalue weighted by atomic mass is 16.3. The van der Waals surface area contributed by atoms with Gasteiger partial charge in [-0.25, -0.2) is 4.98 Å². The highest BCUT2D eigenvalue weighted by molar-refractivity contribution is 5.73. The van der Waals surface area contributed by atoms with Crippen molar-refractivity contribution in [1.29, 1.82) is 0 Å². The van der Waals surface area contributed by atoms with Crippen LogP contribution in [0.3, 0.4) is 0 Å². The molecule has 0 radical (unpaired) electrons. The Labute approximate surface area is 114 Å². The first-order chi connectivity index (χ1) is 9.36. The molecule has 3 heteroatoms. The predicted molar refractivity (Wildman–Crippen MR) is 77.5 cm³/mol. The Balaban J connectivity index is 1.83. The molecule has 1 aliphatic rings. The summed E-state index contributed by atoms with van der Waals surface area (Å²) in [6, 6.07) is 6.44. The van der Waals surface area contributed by atoms with Crippen molar-refractivity contribution in [3.63, 3.8) is 0 Å². The fraction of sp³-hybridized carbons (Fsp3) is 0.562. The van der Waals surface area contributed by atoms with Crippen molar-refractivity contribution in [3.8, 4) is 0 Å². The van der Waals surface area contributed by atoms with Gasteiger partial charge in [0, 0.05) is 12.5 Å². The standard InChI is InChI=1S/C16H22N2O/c1-2-3-5-12-7-8-15-14(10-12)18-16(19-15)13-6-4-9-17-11-13/h7-8,10,13,17H,2-6,9,11H2,1H3. The first-order valence-corrected chi connectivity index (χ1v) is 7.47. The maximum atomic E-state index is 5.92. The molecule has 1 fully saturated rings. The number of hydrogen-bond acceptors (Lipinski definition) is 3. The third-order valence-corrected chi connectivity index (χ3v) is 3.93. The fourth-order valence-electron chi connectivity index (χ4n) is 2.76. The van der Waals surface area contributed by atoms with E-state index < -0.39 is 0 Å². The lowest BCUT2D eigenvalue weighted by Crippen LogP contribution is -2.28. The average Bonchev–Trinajstić information content (AvgIpc) is 2.89. The molecule has 1 N–H and O–H groups in total. The van der Waals surface area contributed by atoms with E-state index >= 15 is 0 Å². The van der Waals surface area contributed by atoms with Crippen molar-refractivity contribution in [2.24, 2.45) is 0 Å². The van der Waals surface area contributed by atoms with Gasteiger partial charge >= 0.3 is 0 Å². The van der Waals surface area contributed by atoms with Crippen LogP contribution in [0.5, 0.6) is 0 Å². The first-order valence-electron chi connectivity index (χ1n) is 7.47. The van der Waals surface area contributed by atoms with Gasteiger partial charge < -0.3 is 9.73 Å². The van der Waals surface area contributed by atoms with E-state index in [1.54, 1.807) is 0 Å². The third kappa shape index (κ3) is 2.81. The van der Waals surface area contributed by atoms with E-state index in [9.17, 15) is 0 Å². The normalized spacial score (nSPS) is 19.9. The monoisotopic (exact) mass is 258 g/mol. The SMILES string of the molecule is CCCCc1ccc2oc(C3CCCNC3)nc2c1. The lowest BCUT2D eigenvalue weighted by Gasteiger charge is -2.19. The average molecular weight is 258 g/mol. The minimum absolute atomic E-state index is 0.445. The second kappa shape index (κ2) is 5.74. The molecule has 0 spiro atoms. The van der Waals surface area contributed by atoms with Crippen LogP contribution in [0.4, 0.5) is 0 Å². The van der Waals surface area contributed by atoms with Crippen LogP contribution < -0.4 is 5.32 Å². The second-order valence-corrected chi connectivity index (χ2v) is 5.50. The first kappa shape index (κ1) is 12.7. The number of aryl methyl sites for hydroxylation is 1. The molecular weight excluding hydrogens is 236 g/mol. The Morgan fingerprint density at radius 2 is 2.37 bits per heavy atom. The van der Waals surface area contributed by atoms with Gasteiger partial charge in [-0.05, 0) is 49.9 Å². The van der Waals surface area contributed by atoms with Crippen LogP contribution in [0, 0.1) is 0 Å². The Morgan fingerprint density at radius 1 is 1.42 bits per heavy atom. The summed E-state index contributed by atoms with van der Waals surface area (Å²) in [5.41, 5.74) is 3.32. The van der Waals surface area contributed by atoms with Gasteiger partial charge in [0.2, 0.25) is 0 Å². The zero-order chi connectivity index (χ0) is 13.1. The number of fused-ring (bicyclic) bond motifs is 1. The Morgan fingerprint density at radius 3 is 3.16 bits per heavy atom. The quantitative estimate of drug-likeness (QED) is 0.910. The number of aromatic nitrogens is 1. The van der Waals surface area contributed by atoms with Crippen molar-refractivity contribution in [3.05, 3.63) is 29.7 Å². The number of unbranched alkanes of at least 4 members (excludes halogenated alkanes) is 1. The molecule has 2 aromatic rings. The summed E-state index contributed by atoms with van der Waals surface area (Å²) < 4.78 is 5.92. The van der Waals surface area contributed by atoms with Crippen LogP contribution in [-0.4, -0.2) is 18.1 Å². The largest absolute Gasteiger partial charge is 0.440 e. The van der Waals surface area contributed by atoms with Crippen molar-refractivity contribution in [2.45, 2.75) is 44.9 Å². The molecule has 0 saturated carbocycles. The summed E-state index contributed by atoms with van der Waals surface area (Å²) in [4.78, 5) is 4.70. The molecule has 1 aromatic carbocycles. The molecular formula is C16H22N2O. The summed E-state index contributed by atoms with van der Waals surface area (Å²) in [6.45, 7) is 4.34. The minimum Gasteiger partial charge on any atom is -0.440 e. The van der Waals surface area contributed by atoms with E-state index in [2.05, 4.69) is 30.4 Å². The molecule has 3 rings (SSSR count). The Hall–Kier alpha value is -1.35. The van der Waals surface area contributed by atoms with Crippen LogP contribution in [0.1, 0.15) is 50.0 Å². The zero-order valence-electron chi connectivity index (χ0n) is 11.6. The Kier molecular flexibility index (Phi) is 3.83. The predicted octanol–water partition coefficient (Wildman–Crippen LogP) is 3.64. The second-order valence-electron chi connectivity index (χ2n) is 5.50. The van der Waals surface area contributed by atoms with Gasteiger partial charge in [0.1, 0.15) is 5.52 Å². The van der Waals surface area contributed by atoms with Gasteiger partial charge in [-0.1, -0.05) is 19.4 Å². The van der Waals surface area contributed by atoms with Crippen LogP contribution in [-0.2, 0) is 6.42 Å². The highest BCUT2D eigenvalue weighted by Crippen LogP contribution is 2.26. The molecule has 2 heterocycles. The number of piperidine rings is 1. The molecule has 0 aliphatic carbocycles. The number of nitrogens with zero attached hydrogens (tertiary/aromatic N) is 1. The van der Waals surface area contributed by atoms with E-state index in [1.165, 1.54) is 31.2 Å². The smallest absolute Gasteiger partial charge is 0.199 e. The lowest BCUT2D eigenvalue weighted by atomic mass is 10.00. The van der Waals surface area contributed by atoms with Crippen LogP contribution >= 0.6 is 0 Å².